The van der Waals surface area contributed by atoms with Gasteiger partial charge in [0.05, 0.1) is 17.2 Å². The van der Waals surface area contributed by atoms with Crippen LogP contribution in [0.5, 0.6) is 0 Å². The minimum absolute atomic E-state index is 0. The molecule has 0 fully saturated rings. The zero-order chi connectivity index (χ0) is 27.4. The third-order valence-electron chi connectivity index (χ3n) is 6.21. The molecule has 204 valence electrons. The van der Waals surface area contributed by atoms with Crippen LogP contribution in [0.15, 0.2) is 79.0 Å². The first kappa shape index (κ1) is 27.4. The number of hydrogen-bond donors (Lipinski definition) is 0. The SMILES string of the molecule is FC(F)(F)C(c1cccc(-n2[c-]nc3ccccc32)n1)(c1ccnc(-n2[c-]nc3ccccc32)n1)C(F)(F)F.[Pd+2]. The molecule has 0 spiro atoms. The molecule has 7 nitrogen and oxygen atoms in total. The Morgan fingerprint density at radius 2 is 1.15 bits per heavy atom. The van der Waals surface area contributed by atoms with Crippen molar-refractivity contribution in [3.8, 4) is 11.8 Å². The Balaban J connectivity index is 0.00000323. The molecular formula is C26H13F6N7Pd. The van der Waals surface area contributed by atoms with E-state index in [9.17, 15) is 26.3 Å². The summed E-state index contributed by atoms with van der Waals surface area (Å²) in [4.78, 5) is 19.5. The fourth-order valence-electron chi connectivity index (χ4n) is 4.43. The molecule has 0 unspecified atom stereocenters. The van der Waals surface area contributed by atoms with Gasteiger partial charge in [-0.2, -0.15) is 26.3 Å². The Morgan fingerprint density at radius 1 is 0.600 bits per heavy atom. The van der Waals surface area contributed by atoms with Gasteiger partial charge in [-0.1, -0.05) is 66.2 Å². The van der Waals surface area contributed by atoms with Crippen LogP contribution in [0.3, 0.4) is 0 Å². The largest absolute Gasteiger partial charge is 2.00 e. The van der Waals surface area contributed by atoms with E-state index in [2.05, 4.69) is 37.6 Å². The number of hydrogen-bond acceptors (Lipinski definition) is 5. The molecule has 0 aliphatic carbocycles. The molecular weight excluding hydrogens is 631 g/mol. The summed E-state index contributed by atoms with van der Waals surface area (Å²) in [7, 11) is 0. The van der Waals surface area contributed by atoms with Crippen LogP contribution in [0.1, 0.15) is 11.4 Å². The van der Waals surface area contributed by atoms with Crippen molar-refractivity contribution in [1.82, 2.24) is 34.1 Å². The molecule has 0 amide bonds. The first-order valence-electron chi connectivity index (χ1n) is 11.3. The van der Waals surface area contributed by atoms with E-state index in [4.69, 9.17) is 0 Å². The molecule has 6 rings (SSSR count). The number of fused-ring (bicyclic) bond motifs is 2. The fraction of sp³-hybridized carbons (Fsp3) is 0.115. The van der Waals surface area contributed by atoms with Crippen molar-refractivity contribution in [3.63, 3.8) is 0 Å². The van der Waals surface area contributed by atoms with Crippen LogP contribution >= 0.6 is 0 Å². The van der Waals surface area contributed by atoms with E-state index >= 15 is 0 Å². The number of alkyl halides is 6. The van der Waals surface area contributed by atoms with Crippen molar-refractivity contribution in [2.45, 2.75) is 17.8 Å². The molecule has 0 atom stereocenters. The molecule has 0 aliphatic rings. The molecule has 2 aromatic carbocycles. The summed E-state index contributed by atoms with van der Waals surface area (Å²) < 4.78 is 91.2. The number of nitrogens with zero attached hydrogens (tertiary/aromatic N) is 7. The molecule has 4 aromatic heterocycles. The van der Waals surface area contributed by atoms with E-state index in [1.54, 1.807) is 48.5 Å². The summed E-state index contributed by atoms with van der Waals surface area (Å²) in [5, 5.41) is 0. The van der Waals surface area contributed by atoms with Crippen LogP contribution in [0.2, 0.25) is 0 Å². The maximum Gasteiger partial charge on any atom is 2.00 e. The summed E-state index contributed by atoms with van der Waals surface area (Å²) in [6.45, 7) is 0. The molecule has 14 heteroatoms. The Hall–Kier alpha value is -4.15. The normalized spacial score (nSPS) is 12.6. The first-order valence-corrected chi connectivity index (χ1v) is 11.3. The zero-order valence-corrected chi connectivity index (χ0v) is 21.3. The van der Waals surface area contributed by atoms with E-state index in [1.165, 1.54) is 10.6 Å². The standard InChI is InChI=1S/C26H13F6N7.Pd/c27-25(28,29)24(26(30,31)32,20-10-5-11-22(36-20)38-14-34-16-6-1-3-8-18(16)38)21-12-13-33-23(37-21)39-15-35-17-7-2-4-9-19(17)39;/h1-13H;/q-2;+2. The van der Waals surface area contributed by atoms with Crippen molar-refractivity contribution in [2.75, 3.05) is 0 Å². The van der Waals surface area contributed by atoms with E-state index in [0.717, 1.165) is 16.8 Å². The summed E-state index contributed by atoms with van der Waals surface area (Å²) in [6.07, 6.45) is -5.88. The molecule has 4 heterocycles. The van der Waals surface area contributed by atoms with Crippen LogP contribution in [0, 0.1) is 12.7 Å². The predicted molar refractivity (Wildman–Crippen MR) is 126 cm³/mol. The average molecular weight is 644 g/mol. The van der Waals surface area contributed by atoms with Gasteiger partial charge in [0.25, 0.3) is 0 Å². The monoisotopic (exact) mass is 643 g/mol. The van der Waals surface area contributed by atoms with Gasteiger partial charge in [0.2, 0.25) is 5.41 Å². The molecule has 0 N–H and O–H groups in total. The summed E-state index contributed by atoms with van der Waals surface area (Å²) in [6, 6.07) is 16.6. The zero-order valence-electron chi connectivity index (χ0n) is 19.7. The second kappa shape index (κ2) is 9.80. The smallest absolute Gasteiger partial charge is 0.411 e. The predicted octanol–water partition coefficient (Wildman–Crippen LogP) is 5.56. The Labute approximate surface area is 235 Å². The van der Waals surface area contributed by atoms with Gasteiger partial charge in [0.15, 0.2) is 0 Å². The number of imidazole rings is 2. The second-order valence-electron chi connectivity index (χ2n) is 8.44. The molecule has 0 saturated carbocycles. The third kappa shape index (κ3) is 4.15. The number of rotatable bonds is 4. The maximum absolute atomic E-state index is 14.8. The van der Waals surface area contributed by atoms with Crippen LogP contribution < -0.4 is 0 Å². The van der Waals surface area contributed by atoms with Gasteiger partial charge in [-0.15, -0.1) is 0 Å². The van der Waals surface area contributed by atoms with Crippen LogP contribution in [0.4, 0.5) is 26.3 Å². The van der Waals surface area contributed by atoms with Crippen molar-refractivity contribution < 1.29 is 46.8 Å². The number of para-hydroxylation sites is 4. The van der Waals surface area contributed by atoms with Crippen molar-refractivity contribution in [2.24, 2.45) is 0 Å². The molecule has 40 heavy (non-hydrogen) atoms. The van der Waals surface area contributed by atoms with Crippen molar-refractivity contribution in [1.29, 1.82) is 0 Å². The Morgan fingerprint density at radius 3 is 1.77 bits per heavy atom. The van der Waals surface area contributed by atoms with Gasteiger partial charge in [0, 0.05) is 18.9 Å². The third-order valence-corrected chi connectivity index (χ3v) is 6.21. The minimum Gasteiger partial charge on any atom is -0.411 e. The van der Waals surface area contributed by atoms with Gasteiger partial charge in [0.1, 0.15) is 5.95 Å². The molecule has 6 aromatic rings. The average Bonchev–Trinajstić information content (AvgIpc) is 3.53. The van der Waals surface area contributed by atoms with E-state index in [1.807, 2.05) is 0 Å². The Kier molecular flexibility index (Phi) is 6.72. The topological polar surface area (TPSA) is 74.3 Å². The first-order chi connectivity index (χ1) is 18.6. The minimum atomic E-state index is -5.90. The molecule has 0 saturated heterocycles. The quantitative estimate of drug-likeness (QED) is 0.143. The van der Waals surface area contributed by atoms with E-state index < -0.39 is 35.1 Å². The number of aromatic nitrogens is 7. The summed E-state index contributed by atoms with van der Waals surface area (Å²) >= 11 is 0. The van der Waals surface area contributed by atoms with Gasteiger partial charge in [-0.25, -0.2) is 0 Å². The number of pyridine rings is 1. The van der Waals surface area contributed by atoms with Crippen LogP contribution in [-0.2, 0) is 25.8 Å². The maximum atomic E-state index is 14.8. The number of halogens is 6. The van der Waals surface area contributed by atoms with E-state index in [-0.39, 0.29) is 26.2 Å². The molecule has 0 aliphatic heterocycles. The van der Waals surface area contributed by atoms with Crippen LogP contribution in [0.25, 0.3) is 33.8 Å². The van der Waals surface area contributed by atoms with Gasteiger partial charge in [-0.05, 0) is 28.7 Å². The van der Waals surface area contributed by atoms with Gasteiger partial charge < -0.3 is 19.1 Å². The summed E-state index contributed by atoms with van der Waals surface area (Å²) in [5.41, 5.74) is -5.69. The van der Waals surface area contributed by atoms with Crippen molar-refractivity contribution in [3.05, 3.63) is 103 Å². The van der Waals surface area contributed by atoms with Gasteiger partial charge in [-0.3, -0.25) is 15.0 Å². The fourth-order valence-corrected chi connectivity index (χ4v) is 4.43. The van der Waals surface area contributed by atoms with Crippen LogP contribution in [-0.4, -0.2) is 46.4 Å². The second-order valence-corrected chi connectivity index (χ2v) is 8.44. The van der Waals surface area contributed by atoms with E-state index in [0.29, 0.717) is 34.2 Å². The molecule has 0 radical (unpaired) electrons. The Bertz CT molecular complexity index is 1690. The number of benzene rings is 2. The summed E-state index contributed by atoms with van der Waals surface area (Å²) in [5.74, 6) is -0.702. The van der Waals surface area contributed by atoms with Gasteiger partial charge >= 0.3 is 32.8 Å². The molecule has 0 bridgehead atoms. The van der Waals surface area contributed by atoms with Crippen molar-refractivity contribution >= 4 is 22.1 Å².